The highest BCUT2D eigenvalue weighted by molar-refractivity contribution is 5.97. The number of amides is 2. The standard InChI is InChI=1S/C17H30N2O2/c1-5-7-13-16(21)19(14(6-2)15(20)18-13)12-8-10-17(3,4)11-9-12/h12-14H,5-11H2,1-4H3,(H,18,20). The Kier molecular flexibility index (Phi) is 4.95. The van der Waals surface area contributed by atoms with Crippen molar-refractivity contribution in [2.24, 2.45) is 5.41 Å². The Morgan fingerprint density at radius 2 is 1.81 bits per heavy atom. The molecule has 120 valence electrons. The van der Waals surface area contributed by atoms with Gasteiger partial charge in [0.15, 0.2) is 0 Å². The Labute approximate surface area is 128 Å². The van der Waals surface area contributed by atoms with Crippen LogP contribution in [-0.4, -0.2) is 34.8 Å². The van der Waals surface area contributed by atoms with Crippen molar-refractivity contribution >= 4 is 11.8 Å². The van der Waals surface area contributed by atoms with Crippen molar-refractivity contribution in [3.8, 4) is 0 Å². The van der Waals surface area contributed by atoms with E-state index in [2.05, 4.69) is 26.1 Å². The maximum absolute atomic E-state index is 12.8. The molecule has 1 aliphatic carbocycles. The summed E-state index contributed by atoms with van der Waals surface area (Å²) in [6.45, 7) is 8.65. The molecule has 2 unspecified atom stereocenters. The number of nitrogens with one attached hydrogen (secondary N) is 1. The molecule has 0 aromatic rings. The summed E-state index contributed by atoms with van der Waals surface area (Å²) < 4.78 is 0. The van der Waals surface area contributed by atoms with Crippen LogP contribution >= 0.6 is 0 Å². The summed E-state index contributed by atoms with van der Waals surface area (Å²) in [6, 6.07) is -0.321. The van der Waals surface area contributed by atoms with Gasteiger partial charge in [0.2, 0.25) is 11.8 Å². The number of piperazine rings is 1. The van der Waals surface area contributed by atoms with Crippen LogP contribution in [0.2, 0.25) is 0 Å². The number of nitrogens with zero attached hydrogens (tertiary/aromatic N) is 1. The quantitative estimate of drug-likeness (QED) is 0.866. The summed E-state index contributed by atoms with van der Waals surface area (Å²) in [4.78, 5) is 27.1. The number of rotatable bonds is 4. The average Bonchev–Trinajstić information content (AvgIpc) is 2.43. The molecule has 1 saturated heterocycles. The molecule has 2 amide bonds. The van der Waals surface area contributed by atoms with Crippen LogP contribution in [-0.2, 0) is 9.59 Å². The van der Waals surface area contributed by atoms with E-state index in [0.29, 0.717) is 11.8 Å². The first-order chi connectivity index (χ1) is 9.89. The number of carbonyl (C=O) groups is 2. The third-order valence-corrected chi connectivity index (χ3v) is 5.17. The van der Waals surface area contributed by atoms with Gasteiger partial charge in [-0.3, -0.25) is 9.59 Å². The minimum Gasteiger partial charge on any atom is -0.343 e. The third-order valence-electron chi connectivity index (χ3n) is 5.17. The molecule has 1 heterocycles. The largest absolute Gasteiger partial charge is 0.343 e. The summed E-state index contributed by atoms with van der Waals surface area (Å²) in [6.07, 6.45) is 6.70. The fourth-order valence-electron chi connectivity index (χ4n) is 3.75. The predicted molar refractivity (Wildman–Crippen MR) is 83.8 cm³/mol. The maximum atomic E-state index is 12.8. The summed E-state index contributed by atoms with van der Waals surface area (Å²) in [5, 5.41) is 2.92. The lowest BCUT2D eigenvalue weighted by Gasteiger charge is -2.46. The van der Waals surface area contributed by atoms with E-state index in [9.17, 15) is 9.59 Å². The van der Waals surface area contributed by atoms with Crippen molar-refractivity contribution in [2.45, 2.75) is 90.8 Å². The van der Waals surface area contributed by atoms with E-state index < -0.39 is 0 Å². The minimum atomic E-state index is -0.305. The molecule has 4 nitrogen and oxygen atoms in total. The van der Waals surface area contributed by atoms with Gasteiger partial charge in [-0.2, -0.15) is 0 Å². The van der Waals surface area contributed by atoms with E-state index >= 15 is 0 Å². The zero-order valence-electron chi connectivity index (χ0n) is 13.9. The molecule has 0 aromatic heterocycles. The van der Waals surface area contributed by atoms with Gasteiger partial charge in [-0.15, -0.1) is 0 Å². The summed E-state index contributed by atoms with van der Waals surface area (Å²) in [7, 11) is 0. The zero-order chi connectivity index (χ0) is 15.6. The minimum absolute atomic E-state index is 0.0420. The van der Waals surface area contributed by atoms with E-state index in [1.165, 1.54) is 0 Å². The number of hydrogen-bond acceptors (Lipinski definition) is 2. The second-order valence-corrected chi connectivity index (χ2v) is 7.41. The number of carbonyl (C=O) groups excluding carboxylic acids is 2. The SMILES string of the molecule is CCCC1NC(=O)C(CC)N(C2CCC(C)(C)CC2)C1=O. The second-order valence-electron chi connectivity index (χ2n) is 7.41. The van der Waals surface area contributed by atoms with E-state index in [0.717, 1.165) is 38.5 Å². The molecule has 2 aliphatic rings. The Hall–Kier alpha value is -1.06. The normalized spacial score (nSPS) is 30.4. The van der Waals surface area contributed by atoms with Crippen LogP contribution in [0.25, 0.3) is 0 Å². The lowest BCUT2D eigenvalue weighted by Crippen LogP contribution is -2.65. The Balaban J connectivity index is 2.16. The van der Waals surface area contributed by atoms with Crippen LogP contribution in [0.5, 0.6) is 0 Å². The summed E-state index contributed by atoms with van der Waals surface area (Å²) in [5.74, 6) is 0.188. The third kappa shape index (κ3) is 3.41. The first-order valence-corrected chi connectivity index (χ1v) is 8.52. The lowest BCUT2D eigenvalue weighted by atomic mass is 9.74. The molecule has 21 heavy (non-hydrogen) atoms. The average molecular weight is 294 g/mol. The van der Waals surface area contributed by atoms with Gasteiger partial charge in [0.1, 0.15) is 12.1 Å². The van der Waals surface area contributed by atoms with Gasteiger partial charge >= 0.3 is 0 Å². The van der Waals surface area contributed by atoms with Gasteiger partial charge in [-0.25, -0.2) is 0 Å². The first kappa shape index (κ1) is 16.3. The van der Waals surface area contributed by atoms with E-state index in [4.69, 9.17) is 0 Å². The molecule has 1 saturated carbocycles. The molecular weight excluding hydrogens is 264 g/mol. The highest BCUT2D eigenvalue weighted by Crippen LogP contribution is 2.38. The molecule has 0 bridgehead atoms. The van der Waals surface area contributed by atoms with Gasteiger partial charge in [-0.1, -0.05) is 34.1 Å². The van der Waals surface area contributed by atoms with Crippen molar-refractivity contribution in [2.75, 3.05) is 0 Å². The summed E-state index contributed by atoms with van der Waals surface area (Å²) in [5.41, 5.74) is 0.377. The van der Waals surface area contributed by atoms with Crippen molar-refractivity contribution in [3.05, 3.63) is 0 Å². The molecule has 2 rings (SSSR count). The van der Waals surface area contributed by atoms with Gasteiger partial charge in [0.25, 0.3) is 0 Å². The van der Waals surface area contributed by atoms with E-state index in [1.54, 1.807) is 0 Å². The van der Waals surface area contributed by atoms with E-state index in [1.807, 2.05) is 11.8 Å². The fourth-order valence-corrected chi connectivity index (χ4v) is 3.75. The molecule has 2 fully saturated rings. The molecule has 0 radical (unpaired) electrons. The monoisotopic (exact) mass is 294 g/mol. The topological polar surface area (TPSA) is 49.4 Å². The van der Waals surface area contributed by atoms with Crippen molar-refractivity contribution in [3.63, 3.8) is 0 Å². The van der Waals surface area contributed by atoms with Crippen molar-refractivity contribution in [1.29, 1.82) is 0 Å². The Morgan fingerprint density at radius 3 is 2.33 bits per heavy atom. The van der Waals surface area contributed by atoms with Gasteiger partial charge in [0, 0.05) is 6.04 Å². The van der Waals surface area contributed by atoms with Crippen molar-refractivity contribution in [1.82, 2.24) is 10.2 Å². The molecule has 1 N–H and O–H groups in total. The lowest BCUT2D eigenvalue weighted by molar-refractivity contribution is -0.153. The van der Waals surface area contributed by atoms with Gasteiger partial charge < -0.3 is 10.2 Å². The fraction of sp³-hybridized carbons (Fsp3) is 0.882. The van der Waals surface area contributed by atoms with Crippen LogP contribution in [0.1, 0.15) is 72.6 Å². The molecular formula is C17H30N2O2. The highest BCUT2D eigenvalue weighted by atomic mass is 16.2. The maximum Gasteiger partial charge on any atom is 0.246 e. The van der Waals surface area contributed by atoms with Crippen LogP contribution in [0.3, 0.4) is 0 Å². The molecule has 0 aromatic carbocycles. The highest BCUT2D eigenvalue weighted by Gasteiger charge is 2.43. The smallest absolute Gasteiger partial charge is 0.246 e. The zero-order valence-corrected chi connectivity index (χ0v) is 13.9. The van der Waals surface area contributed by atoms with Crippen LogP contribution in [0.4, 0.5) is 0 Å². The van der Waals surface area contributed by atoms with Crippen molar-refractivity contribution < 1.29 is 9.59 Å². The molecule has 1 aliphatic heterocycles. The van der Waals surface area contributed by atoms with Crippen LogP contribution in [0, 0.1) is 5.41 Å². The summed E-state index contributed by atoms with van der Waals surface area (Å²) >= 11 is 0. The predicted octanol–water partition coefficient (Wildman–Crippen LogP) is 2.86. The van der Waals surface area contributed by atoms with Gasteiger partial charge in [0.05, 0.1) is 0 Å². The Morgan fingerprint density at radius 1 is 1.19 bits per heavy atom. The molecule has 4 heteroatoms. The van der Waals surface area contributed by atoms with Crippen LogP contribution < -0.4 is 5.32 Å². The van der Waals surface area contributed by atoms with Crippen LogP contribution in [0.15, 0.2) is 0 Å². The van der Waals surface area contributed by atoms with Gasteiger partial charge in [-0.05, 0) is 43.9 Å². The molecule has 0 spiro atoms. The number of hydrogen-bond donors (Lipinski definition) is 1. The first-order valence-electron chi connectivity index (χ1n) is 8.52. The van der Waals surface area contributed by atoms with E-state index in [-0.39, 0.29) is 29.9 Å². The Bertz CT molecular complexity index is 396. The molecule has 2 atom stereocenters. The second kappa shape index (κ2) is 6.37.